The minimum absolute atomic E-state index is 0.853. The first-order valence-electron chi connectivity index (χ1n) is 8.06. The van der Waals surface area contributed by atoms with Crippen molar-refractivity contribution in [1.82, 2.24) is 9.55 Å². The van der Waals surface area contributed by atoms with Crippen LogP contribution in [0.15, 0.2) is 89.8 Å². The number of hydrogen-bond acceptors (Lipinski definition) is 2. The maximum atomic E-state index is 4.87. The monoisotopic (exact) mass is 330 g/mol. The quantitative estimate of drug-likeness (QED) is 0.457. The molecule has 0 radical (unpaired) electrons. The summed E-state index contributed by atoms with van der Waals surface area (Å²) in [4.78, 5) is 6.14. The second-order valence-electron chi connectivity index (χ2n) is 5.69. The summed E-state index contributed by atoms with van der Waals surface area (Å²) in [5.41, 5.74) is 3.56. The molecule has 0 bridgehead atoms. The van der Waals surface area contributed by atoms with Gasteiger partial charge in [0.1, 0.15) is 5.82 Å². The Kier molecular flexibility index (Phi) is 4.34. The smallest absolute Gasteiger partial charge is 0.120 e. The average molecular weight is 330 g/mol. The van der Waals surface area contributed by atoms with Crippen molar-refractivity contribution < 1.29 is 0 Å². The third kappa shape index (κ3) is 3.22. The van der Waals surface area contributed by atoms with Crippen molar-refractivity contribution >= 4 is 22.8 Å². The Morgan fingerprint density at radius 1 is 0.750 bits per heavy atom. The fraction of sp³-hybridized carbons (Fsp3) is 0.0952. The molecule has 24 heavy (non-hydrogen) atoms. The predicted octanol–water partition coefficient (Wildman–Crippen LogP) is 5.38. The summed E-state index contributed by atoms with van der Waals surface area (Å²) in [5, 5.41) is 0. The van der Waals surface area contributed by atoms with Crippen molar-refractivity contribution in [3.05, 3.63) is 96.3 Å². The second-order valence-corrected chi connectivity index (χ2v) is 6.74. The van der Waals surface area contributed by atoms with Crippen LogP contribution in [0.3, 0.4) is 0 Å². The average Bonchev–Trinajstić information content (AvgIpc) is 2.99. The van der Waals surface area contributed by atoms with Gasteiger partial charge in [0, 0.05) is 11.4 Å². The number of thioether (sulfide) groups is 1. The van der Waals surface area contributed by atoms with E-state index in [1.165, 1.54) is 16.0 Å². The molecule has 0 amide bonds. The van der Waals surface area contributed by atoms with E-state index >= 15 is 0 Å². The standard InChI is InChI=1S/C21H18N2S/c1-3-9-17(10-4-1)15-23-20-14-8-7-13-19(20)22-21(23)16-24-18-11-5-2-6-12-18/h1-14H,15-16H2. The van der Waals surface area contributed by atoms with Crippen LogP contribution in [0, 0.1) is 0 Å². The van der Waals surface area contributed by atoms with E-state index in [1.807, 2.05) is 11.8 Å². The van der Waals surface area contributed by atoms with Gasteiger partial charge in [0.05, 0.1) is 16.8 Å². The topological polar surface area (TPSA) is 17.8 Å². The van der Waals surface area contributed by atoms with Gasteiger partial charge in [-0.25, -0.2) is 4.98 Å². The number of hydrogen-bond donors (Lipinski definition) is 0. The van der Waals surface area contributed by atoms with Gasteiger partial charge in [-0.05, 0) is 29.8 Å². The Morgan fingerprint density at radius 2 is 1.42 bits per heavy atom. The zero-order valence-corrected chi connectivity index (χ0v) is 14.1. The van der Waals surface area contributed by atoms with Gasteiger partial charge < -0.3 is 4.57 Å². The van der Waals surface area contributed by atoms with Crippen LogP contribution in [0.5, 0.6) is 0 Å². The highest BCUT2D eigenvalue weighted by atomic mass is 32.2. The van der Waals surface area contributed by atoms with Gasteiger partial charge in [0.2, 0.25) is 0 Å². The largest absolute Gasteiger partial charge is 0.323 e. The van der Waals surface area contributed by atoms with Crippen LogP contribution in [0.1, 0.15) is 11.4 Å². The van der Waals surface area contributed by atoms with Crippen molar-refractivity contribution in [1.29, 1.82) is 0 Å². The summed E-state index contributed by atoms with van der Waals surface area (Å²) in [7, 11) is 0. The van der Waals surface area contributed by atoms with Crippen LogP contribution < -0.4 is 0 Å². The lowest BCUT2D eigenvalue weighted by Crippen LogP contribution is -2.04. The molecule has 0 atom stereocenters. The van der Waals surface area contributed by atoms with E-state index in [0.717, 1.165) is 23.6 Å². The molecule has 0 aliphatic carbocycles. The molecule has 2 nitrogen and oxygen atoms in total. The van der Waals surface area contributed by atoms with Crippen LogP contribution in [0.2, 0.25) is 0 Å². The lowest BCUT2D eigenvalue weighted by molar-refractivity contribution is 0.780. The molecular formula is C21H18N2S. The Morgan fingerprint density at radius 3 is 2.21 bits per heavy atom. The highest BCUT2D eigenvalue weighted by molar-refractivity contribution is 7.98. The molecule has 0 unspecified atom stereocenters. The van der Waals surface area contributed by atoms with Gasteiger partial charge in [-0.15, -0.1) is 11.8 Å². The van der Waals surface area contributed by atoms with Crippen LogP contribution in [0.4, 0.5) is 0 Å². The molecule has 3 heteroatoms. The first kappa shape index (κ1) is 15.0. The Bertz CT molecular complexity index is 930. The van der Waals surface area contributed by atoms with Crippen molar-refractivity contribution in [2.24, 2.45) is 0 Å². The van der Waals surface area contributed by atoms with E-state index in [0.29, 0.717) is 0 Å². The zero-order chi connectivity index (χ0) is 16.2. The zero-order valence-electron chi connectivity index (χ0n) is 13.3. The minimum Gasteiger partial charge on any atom is -0.323 e. The first-order valence-corrected chi connectivity index (χ1v) is 9.04. The van der Waals surface area contributed by atoms with Gasteiger partial charge in [-0.1, -0.05) is 60.7 Å². The van der Waals surface area contributed by atoms with Crippen molar-refractivity contribution in [3.63, 3.8) is 0 Å². The number of benzene rings is 3. The maximum absolute atomic E-state index is 4.87. The van der Waals surface area contributed by atoms with E-state index in [9.17, 15) is 0 Å². The maximum Gasteiger partial charge on any atom is 0.120 e. The summed E-state index contributed by atoms with van der Waals surface area (Å²) in [6, 6.07) is 29.5. The molecule has 1 aromatic heterocycles. The number of aromatic nitrogens is 2. The van der Waals surface area contributed by atoms with E-state index < -0.39 is 0 Å². The molecule has 0 N–H and O–H groups in total. The van der Waals surface area contributed by atoms with E-state index in [2.05, 4.69) is 89.5 Å². The molecule has 3 aromatic carbocycles. The van der Waals surface area contributed by atoms with Gasteiger partial charge in [-0.2, -0.15) is 0 Å². The Hall–Kier alpha value is -2.52. The molecule has 4 rings (SSSR count). The molecule has 0 aliphatic rings. The second kappa shape index (κ2) is 6.93. The van der Waals surface area contributed by atoms with E-state index in [-0.39, 0.29) is 0 Å². The van der Waals surface area contributed by atoms with Crippen molar-refractivity contribution in [3.8, 4) is 0 Å². The Balaban J connectivity index is 1.67. The van der Waals surface area contributed by atoms with Crippen LogP contribution in [0.25, 0.3) is 11.0 Å². The predicted molar refractivity (Wildman–Crippen MR) is 101 cm³/mol. The Labute approximate surface area is 146 Å². The molecule has 0 spiro atoms. The third-order valence-electron chi connectivity index (χ3n) is 4.03. The summed E-state index contributed by atoms with van der Waals surface area (Å²) in [5.74, 6) is 1.99. The molecule has 1 heterocycles. The van der Waals surface area contributed by atoms with E-state index in [1.54, 1.807) is 0 Å². The molecule has 118 valence electrons. The van der Waals surface area contributed by atoms with Crippen molar-refractivity contribution in [2.75, 3.05) is 0 Å². The first-order chi connectivity index (χ1) is 11.9. The molecule has 0 saturated carbocycles. The van der Waals surface area contributed by atoms with Crippen LogP contribution in [-0.2, 0) is 12.3 Å². The third-order valence-corrected chi connectivity index (χ3v) is 5.04. The molecular weight excluding hydrogens is 312 g/mol. The number of fused-ring (bicyclic) bond motifs is 1. The molecule has 4 aromatic rings. The summed E-state index contributed by atoms with van der Waals surface area (Å²) in [6.45, 7) is 0.853. The van der Waals surface area contributed by atoms with Crippen molar-refractivity contribution in [2.45, 2.75) is 17.2 Å². The summed E-state index contributed by atoms with van der Waals surface area (Å²) >= 11 is 1.83. The van der Waals surface area contributed by atoms with Gasteiger partial charge in [-0.3, -0.25) is 0 Å². The number of rotatable bonds is 5. The number of nitrogens with zero attached hydrogens (tertiary/aromatic N) is 2. The number of imidazole rings is 1. The fourth-order valence-electron chi connectivity index (χ4n) is 2.84. The van der Waals surface area contributed by atoms with Gasteiger partial charge in [0.25, 0.3) is 0 Å². The number of para-hydroxylation sites is 2. The normalized spacial score (nSPS) is 11.0. The summed E-state index contributed by atoms with van der Waals surface area (Å²) in [6.07, 6.45) is 0. The van der Waals surface area contributed by atoms with E-state index in [4.69, 9.17) is 4.98 Å². The highest BCUT2D eigenvalue weighted by Gasteiger charge is 2.11. The molecule has 0 saturated heterocycles. The van der Waals surface area contributed by atoms with Gasteiger partial charge >= 0.3 is 0 Å². The van der Waals surface area contributed by atoms with Crippen LogP contribution in [-0.4, -0.2) is 9.55 Å². The molecule has 0 fully saturated rings. The lowest BCUT2D eigenvalue weighted by Gasteiger charge is -2.09. The SMILES string of the molecule is c1ccc(Cn2c(CSc3ccccc3)nc3ccccc32)cc1. The highest BCUT2D eigenvalue weighted by Crippen LogP contribution is 2.25. The van der Waals surface area contributed by atoms with Crippen LogP contribution >= 0.6 is 11.8 Å². The van der Waals surface area contributed by atoms with Gasteiger partial charge in [0.15, 0.2) is 0 Å². The lowest BCUT2D eigenvalue weighted by atomic mass is 10.2. The fourth-order valence-corrected chi connectivity index (χ4v) is 3.71. The summed E-state index contributed by atoms with van der Waals surface area (Å²) < 4.78 is 2.33. The minimum atomic E-state index is 0.853. The molecule has 0 aliphatic heterocycles.